The summed E-state index contributed by atoms with van der Waals surface area (Å²) in [5.41, 5.74) is 0. The van der Waals surface area contributed by atoms with Crippen molar-refractivity contribution in [2.45, 2.75) is 18.9 Å². The summed E-state index contributed by atoms with van der Waals surface area (Å²) >= 11 is 4.11. The molecule has 1 aliphatic rings. The van der Waals surface area contributed by atoms with E-state index in [4.69, 9.17) is 0 Å². The zero-order chi connectivity index (χ0) is 7.68. The van der Waals surface area contributed by atoms with E-state index in [1.807, 2.05) is 6.20 Å². The molecule has 0 bridgehead atoms. The van der Waals surface area contributed by atoms with Crippen LogP contribution in [0, 0.1) is 2.88 Å². The number of hydrogen-bond donors (Lipinski definition) is 1. The fourth-order valence-corrected chi connectivity index (χ4v) is 2.89. The molecule has 2 rings (SSSR count). The lowest BCUT2D eigenvalue weighted by Crippen LogP contribution is -2.12. The second kappa shape index (κ2) is 3.37. The van der Waals surface area contributed by atoms with Gasteiger partial charge in [0.2, 0.25) is 0 Å². The predicted molar refractivity (Wildman–Crippen MR) is 54.8 cm³/mol. The topological polar surface area (TPSA) is 24.9 Å². The van der Waals surface area contributed by atoms with Crippen molar-refractivity contribution >= 4 is 33.9 Å². The average molecular weight is 280 g/mol. The van der Waals surface area contributed by atoms with Crippen LogP contribution in [0.2, 0.25) is 0 Å². The van der Waals surface area contributed by atoms with E-state index in [2.05, 4.69) is 32.9 Å². The van der Waals surface area contributed by atoms with Crippen molar-refractivity contribution in [3.8, 4) is 0 Å². The number of nitrogens with one attached hydrogen (secondary N) is 1. The molecular weight excluding hydrogens is 271 g/mol. The van der Waals surface area contributed by atoms with E-state index < -0.39 is 0 Å². The van der Waals surface area contributed by atoms with E-state index in [0.717, 1.165) is 6.54 Å². The van der Waals surface area contributed by atoms with E-state index in [1.165, 1.54) is 20.7 Å². The molecule has 1 saturated heterocycles. The molecule has 0 spiro atoms. The van der Waals surface area contributed by atoms with Gasteiger partial charge in [-0.3, -0.25) is 0 Å². The Morgan fingerprint density at radius 3 is 3.18 bits per heavy atom. The maximum absolute atomic E-state index is 4.35. The fourth-order valence-electron chi connectivity index (χ4n) is 1.32. The van der Waals surface area contributed by atoms with Gasteiger partial charge in [0.15, 0.2) is 0 Å². The van der Waals surface area contributed by atoms with Gasteiger partial charge < -0.3 is 5.32 Å². The first-order chi connectivity index (χ1) is 5.36. The molecule has 1 aromatic heterocycles. The summed E-state index contributed by atoms with van der Waals surface area (Å²) in [4.78, 5) is 4.35. The second-order valence-electron chi connectivity index (χ2n) is 2.65. The van der Waals surface area contributed by atoms with E-state index in [-0.39, 0.29) is 0 Å². The number of rotatable bonds is 1. The van der Waals surface area contributed by atoms with Crippen LogP contribution in [0.5, 0.6) is 0 Å². The average Bonchev–Trinajstić information content (AvgIpc) is 2.55. The highest BCUT2D eigenvalue weighted by Gasteiger charge is 2.18. The van der Waals surface area contributed by atoms with Gasteiger partial charge >= 0.3 is 0 Å². The van der Waals surface area contributed by atoms with Crippen LogP contribution in [0.1, 0.15) is 23.9 Å². The van der Waals surface area contributed by atoms with Crippen molar-refractivity contribution < 1.29 is 0 Å². The van der Waals surface area contributed by atoms with Gasteiger partial charge in [-0.2, -0.15) is 0 Å². The van der Waals surface area contributed by atoms with Crippen LogP contribution >= 0.6 is 33.9 Å². The number of aromatic nitrogens is 1. The summed E-state index contributed by atoms with van der Waals surface area (Å²) in [6.45, 7) is 1.15. The number of nitrogens with zero attached hydrogens (tertiary/aromatic N) is 1. The first-order valence-corrected chi connectivity index (χ1v) is 5.60. The Morgan fingerprint density at radius 1 is 1.73 bits per heavy atom. The molecule has 2 heterocycles. The van der Waals surface area contributed by atoms with Crippen molar-refractivity contribution in [2.24, 2.45) is 0 Å². The Labute approximate surface area is 83.6 Å². The van der Waals surface area contributed by atoms with Gasteiger partial charge in [-0.1, -0.05) is 0 Å². The zero-order valence-corrected chi connectivity index (χ0v) is 8.98. The minimum atomic E-state index is 0.545. The molecule has 0 saturated carbocycles. The van der Waals surface area contributed by atoms with Gasteiger partial charge in [-0.25, -0.2) is 4.98 Å². The quantitative estimate of drug-likeness (QED) is 0.797. The molecule has 1 atom stereocenters. The Bertz CT molecular complexity index is 242. The third kappa shape index (κ3) is 1.73. The summed E-state index contributed by atoms with van der Waals surface area (Å²) in [6.07, 6.45) is 4.49. The Hall–Kier alpha value is 0.320. The molecule has 0 aliphatic carbocycles. The Morgan fingerprint density at radius 2 is 2.64 bits per heavy atom. The van der Waals surface area contributed by atoms with Gasteiger partial charge in [0.1, 0.15) is 5.01 Å². The summed E-state index contributed by atoms with van der Waals surface area (Å²) < 4.78 is 1.28. The molecule has 1 unspecified atom stereocenters. The number of thiazole rings is 1. The lowest BCUT2D eigenvalue weighted by molar-refractivity contribution is 0.643. The molecule has 2 nitrogen and oxygen atoms in total. The molecule has 1 aromatic rings. The standard InChI is InChI=1S/C7H9IN2S/c8-6-4-10-7(11-6)5-2-1-3-9-5/h4-5,9H,1-3H2. The molecule has 0 amide bonds. The number of hydrogen-bond acceptors (Lipinski definition) is 3. The molecular formula is C7H9IN2S. The highest BCUT2D eigenvalue weighted by molar-refractivity contribution is 14.1. The highest BCUT2D eigenvalue weighted by Crippen LogP contribution is 2.27. The minimum absolute atomic E-state index is 0.545. The van der Waals surface area contributed by atoms with Crippen LogP contribution in [0.25, 0.3) is 0 Å². The highest BCUT2D eigenvalue weighted by atomic mass is 127. The molecule has 0 aromatic carbocycles. The van der Waals surface area contributed by atoms with Crippen LogP contribution in [0.4, 0.5) is 0 Å². The Balaban J connectivity index is 2.15. The van der Waals surface area contributed by atoms with Crippen LogP contribution in [0.3, 0.4) is 0 Å². The predicted octanol–water partition coefficient (Wildman–Crippen LogP) is 2.17. The lowest BCUT2D eigenvalue weighted by Gasteiger charge is -2.03. The van der Waals surface area contributed by atoms with Gasteiger partial charge in [-0.15, -0.1) is 11.3 Å². The second-order valence-corrected chi connectivity index (χ2v) is 5.61. The van der Waals surface area contributed by atoms with E-state index in [0.29, 0.717) is 6.04 Å². The molecule has 11 heavy (non-hydrogen) atoms. The molecule has 1 fully saturated rings. The Kier molecular flexibility index (Phi) is 2.43. The van der Waals surface area contributed by atoms with Gasteiger partial charge in [0.05, 0.1) is 15.1 Å². The molecule has 4 heteroatoms. The molecule has 60 valence electrons. The first kappa shape index (κ1) is 7.94. The lowest BCUT2D eigenvalue weighted by atomic mass is 10.2. The van der Waals surface area contributed by atoms with E-state index >= 15 is 0 Å². The van der Waals surface area contributed by atoms with Crippen LogP contribution in [-0.2, 0) is 0 Å². The molecule has 1 aliphatic heterocycles. The summed E-state index contributed by atoms with van der Waals surface area (Å²) in [5.74, 6) is 0. The first-order valence-electron chi connectivity index (χ1n) is 3.71. The fraction of sp³-hybridized carbons (Fsp3) is 0.571. The van der Waals surface area contributed by atoms with Gasteiger partial charge in [0, 0.05) is 0 Å². The van der Waals surface area contributed by atoms with Crippen LogP contribution in [-0.4, -0.2) is 11.5 Å². The van der Waals surface area contributed by atoms with Crippen molar-refractivity contribution in [1.29, 1.82) is 0 Å². The monoisotopic (exact) mass is 280 g/mol. The molecule has 1 N–H and O–H groups in total. The normalized spacial score (nSPS) is 24.3. The van der Waals surface area contributed by atoms with Crippen molar-refractivity contribution in [2.75, 3.05) is 6.54 Å². The van der Waals surface area contributed by atoms with Gasteiger partial charge in [0.25, 0.3) is 0 Å². The number of halogens is 1. The maximum Gasteiger partial charge on any atom is 0.111 e. The zero-order valence-electron chi connectivity index (χ0n) is 6.01. The van der Waals surface area contributed by atoms with E-state index in [1.54, 1.807) is 11.3 Å². The van der Waals surface area contributed by atoms with E-state index in [9.17, 15) is 0 Å². The molecule has 0 radical (unpaired) electrons. The van der Waals surface area contributed by atoms with Crippen molar-refractivity contribution in [1.82, 2.24) is 10.3 Å². The SMILES string of the molecule is Ic1cnc(C2CCCN2)s1. The maximum atomic E-state index is 4.35. The third-order valence-corrected chi connectivity index (χ3v) is 3.69. The largest absolute Gasteiger partial charge is 0.308 e. The third-order valence-electron chi connectivity index (χ3n) is 1.85. The summed E-state index contributed by atoms with van der Waals surface area (Å²) in [7, 11) is 0. The van der Waals surface area contributed by atoms with Gasteiger partial charge in [-0.05, 0) is 42.0 Å². The minimum Gasteiger partial charge on any atom is -0.308 e. The smallest absolute Gasteiger partial charge is 0.111 e. The van der Waals surface area contributed by atoms with Crippen molar-refractivity contribution in [3.05, 3.63) is 14.1 Å². The summed E-state index contributed by atoms with van der Waals surface area (Å²) in [5, 5.41) is 4.69. The van der Waals surface area contributed by atoms with Crippen LogP contribution in [0.15, 0.2) is 6.20 Å². The van der Waals surface area contributed by atoms with Crippen LogP contribution < -0.4 is 5.32 Å². The summed E-state index contributed by atoms with van der Waals surface area (Å²) in [6, 6.07) is 0.545. The van der Waals surface area contributed by atoms with Crippen molar-refractivity contribution in [3.63, 3.8) is 0 Å².